The van der Waals surface area contributed by atoms with Crippen molar-refractivity contribution in [2.45, 2.75) is 25.9 Å². The summed E-state index contributed by atoms with van der Waals surface area (Å²) >= 11 is 0. The van der Waals surface area contributed by atoms with Crippen LogP contribution < -0.4 is 0 Å². The van der Waals surface area contributed by atoms with Crippen LogP contribution in [-0.4, -0.2) is 51.8 Å². The highest BCUT2D eigenvalue weighted by Gasteiger charge is 2.42. The molecule has 0 bridgehead atoms. The number of aromatic amines is 1. The van der Waals surface area contributed by atoms with Crippen molar-refractivity contribution in [2.75, 3.05) is 19.7 Å². The van der Waals surface area contributed by atoms with Gasteiger partial charge in [-0.2, -0.15) is 5.10 Å². The number of hydrogen-bond donors (Lipinski definition) is 1. The summed E-state index contributed by atoms with van der Waals surface area (Å²) in [6.45, 7) is 4.06. The molecule has 2 aromatic heterocycles. The molecule has 122 valence electrons. The maximum absolute atomic E-state index is 12.4. The van der Waals surface area contributed by atoms with Crippen molar-refractivity contribution in [1.82, 2.24) is 20.1 Å². The SMILES string of the molecule is Cc1nc(C[C@@H]2OC[C@H]3CN(C(=O)c4ccco4)CC[C@H]32)n[nH]1. The molecule has 0 spiro atoms. The smallest absolute Gasteiger partial charge is 0.289 e. The second-order valence-corrected chi connectivity index (χ2v) is 6.35. The first-order chi connectivity index (χ1) is 11.2. The van der Waals surface area contributed by atoms with Gasteiger partial charge in [-0.25, -0.2) is 4.98 Å². The molecule has 0 radical (unpaired) electrons. The summed E-state index contributed by atoms with van der Waals surface area (Å²) in [5, 5.41) is 7.07. The van der Waals surface area contributed by atoms with Gasteiger partial charge in [-0.05, 0) is 31.4 Å². The van der Waals surface area contributed by atoms with Gasteiger partial charge in [0.05, 0.1) is 19.0 Å². The summed E-state index contributed by atoms with van der Waals surface area (Å²) in [6.07, 6.45) is 3.37. The monoisotopic (exact) mass is 316 g/mol. The summed E-state index contributed by atoms with van der Waals surface area (Å²) in [5.41, 5.74) is 0. The first-order valence-corrected chi connectivity index (χ1v) is 8.03. The molecule has 4 rings (SSSR count). The Morgan fingerprint density at radius 3 is 3.17 bits per heavy atom. The predicted octanol–water partition coefficient (Wildman–Crippen LogP) is 1.43. The molecular weight excluding hydrogens is 296 g/mol. The van der Waals surface area contributed by atoms with Crippen molar-refractivity contribution in [2.24, 2.45) is 11.8 Å². The molecule has 0 saturated carbocycles. The molecule has 2 saturated heterocycles. The lowest BCUT2D eigenvalue weighted by Crippen LogP contribution is -2.44. The Morgan fingerprint density at radius 2 is 2.43 bits per heavy atom. The number of fused-ring (bicyclic) bond motifs is 1. The van der Waals surface area contributed by atoms with Gasteiger partial charge in [0.25, 0.3) is 5.91 Å². The lowest BCUT2D eigenvalue weighted by Gasteiger charge is -2.35. The summed E-state index contributed by atoms with van der Waals surface area (Å²) in [7, 11) is 0. The summed E-state index contributed by atoms with van der Waals surface area (Å²) in [5.74, 6) is 2.87. The predicted molar refractivity (Wildman–Crippen MR) is 80.8 cm³/mol. The molecule has 0 aliphatic carbocycles. The number of rotatable bonds is 3. The first-order valence-electron chi connectivity index (χ1n) is 8.03. The minimum Gasteiger partial charge on any atom is -0.459 e. The zero-order valence-corrected chi connectivity index (χ0v) is 13.1. The highest BCUT2D eigenvalue weighted by molar-refractivity contribution is 5.91. The largest absolute Gasteiger partial charge is 0.459 e. The van der Waals surface area contributed by atoms with E-state index in [1.54, 1.807) is 12.1 Å². The number of aromatic nitrogens is 3. The molecule has 2 fully saturated rings. The molecule has 7 heteroatoms. The van der Waals surface area contributed by atoms with E-state index in [4.69, 9.17) is 9.15 Å². The lowest BCUT2D eigenvalue weighted by molar-refractivity contribution is 0.0581. The van der Waals surface area contributed by atoms with Crippen LogP contribution in [0, 0.1) is 18.8 Å². The van der Waals surface area contributed by atoms with E-state index in [0.29, 0.717) is 24.2 Å². The Labute approximate surface area is 134 Å². The fraction of sp³-hybridized carbons (Fsp3) is 0.562. The van der Waals surface area contributed by atoms with Gasteiger partial charge in [0.15, 0.2) is 11.6 Å². The molecule has 23 heavy (non-hydrogen) atoms. The highest BCUT2D eigenvalue weighted by Crippen LogP contribution is 2.36. The Kier molecular flexibility index (Phi) is 3.65. The second-order valence-electron chi connectivity index (χ2n) is 6.35. The molecule has 1 amide bonds. The van der Waals surface area contributed by atoms with Crippen molar-refractivity contribution in [3.63, 3.8) is 0 Å². The van der Waals surface area contributed by atoms with Crippen molar-refractivity contribution >= 4 is 5.91 Å². The number of carbonyl (C=O) groups is 1. The van der Waals surface area contributed by atoms with Crippen molar-refractivity contribution < 1.29 is 13.9 Å². The fourth-order valence-electron chi connectivity index (χ4n) is 3.70. The Bertz CT molecular complexity index is 681. The number of furan rings is 1. The fourth-order valence-corrected chi connectivity index (χ4v) is 3.70. The average Bonchev–Trinajstić information content (AvgIpc) is 3.28. The molecule has 0 aromatic carbocycles. The van der Waals surface area contributed by atoms with Gasteiger partial charge < -0.3 is 14.1 Å². The van der Waals surface area contributed by atoms with Crippen LogP contribution in [0.3, 0.4) is 0 Å². The first kappa shape index (κ1) is 14.4. The molecule has 1 N–H and O–H groups in total. The van der Waals surface area contributed by atoms with Gasteiger partial charge >= 0.3 is 0 Å². The third-order valence-corrected chi connectivity index (χ3v) is 4.84. The quantitative estimate of drug-likeness (QED) is 0.926. The standard InChI is InChI=1S/C16H20N4O3/c1-10-17-15(19-18-10)7-14-12-4-5-20(8-11(12)9-23-14)16(21)13-3-2-6-22-13/h2-3,6,11-12,14H,4-5,7-9H2,1H3,(H,17,18,19)/t11-,12-,14+/m1/s1. The van der Waals surface area contributed by atoms with Crippen molar-refractivity contribution in [3.05, 3.63) is 35.8 Å². The van der Waals surface area contributed by atoms with Crippen molar-refractivity contribution in [3.8, 4) is 0 Å². The number of likely N-dealkylation sites (tertiary alicyclic amines) is 1. The van der Waals surface area contributed by atoms with Gasteiger partial charge in [0.2, 0.25) is 0 Å². The van der Waals surface area contributed by atoms with E-state index in [9.17, 15) is 4.79 Å². The lowest BCUT2D eigenvalue weighted by atomic mass is 9.83. The van der Waals surface area contributed by atoms with Crippen molar-refractivity contribution in [1.29, 1.82) is 0 Å². The van der Waals surface area contributed by atoms with E-state index < -0.39 is 0 Å². The van der Waals surface area contributed by atoms with Gasteiger partial charge in [0.1, 0.15) is 5.82 Å². The third-order valence-electron chi connectivity index (χ3n) is 4.84. The molecule has 7 nitrogen and oxygen atoms in total. The van der Waals surface area contributed by atoms with Crippen LogP contribution in [0.25, 0.3) is 0 Å². The molecule has 2 aliphatic rings. The number of nitrogens with one attached hydrogen (secondary N) is 1. The Balaban J connectivity index is 1.39. The van der Waals surface area contributed by atoms with E-state index >= 15 is 0 Å². The normalized spacial score (nSPS) is 27.2. The van der Waals surface area contributed by atoms with Gasteiger partial charge in [0, 0.05) is 25.4 Å². The second kappa shape index (κ2) is 5.81. The number of aryl methyl sites for hydroxylation is 1. The van der Waals surface area contributed by atoms with E-state index in [1.165, 1.54) is 6.26 Å². The number of nitrogens with zero attached hydrogens (tertiary/aromatic N) is 3. The maximum atomic E-state index is 12.4. The molecule has 0 unspecified atom stereocenters. The topological polar surface area (TPSA) is 84.2 Å². The Hall–Kier alpha value is -2.15. The minimum atomic E-state index is -0.0264. The zero-order chi connectivity index (χ0) is 15.8. The van der Waals surface area contributed by atoms with Crippen LogP contribution in [0.4, 0.5) is 0 Å². The molecule has 2 aliphatic heterocycles. The van der Waals surface area contributed by atoms with Gasteiger partial charge in [-0.3, -0.25) is 9.89 Å². The molecular formula is C16H20N4O3. The summed E-state index contributed by atoms with van der Waals surface area (Å²) in [4.78, 5) is 18.6. The van der Waals surface area contributed by atoms with Crippen LogP contribution in [0.15, 0.2) is 22.8 Å². The Morgan fingerprint density at radius 1 is 1.52 bits per heavy atom. The number of ether oxygens (including phenoxy) is 1. The number of hydrogen-bond acceptors (Lipinski definition) is 5. The van der Waals surface area contributed by atoms with Crippen LogP contribution in [0.1, 0.15) is 28.6 Å². The van der Waals surface area contributed by atoms with Crippen LogP contribution >= 0.6 is 0 Å². The maximum Gasteiger partial charge on any atom is 0.289 e. The highest BCUT2D eigenvalue weighted by atomic mass is 16.5. The van der Waals surface area contributed by atoms with E-state index in [0.717, 1.165) is 37.6 Å². The number of amides is 1. The molecule has 2 aromatic rings. The van der Waals surface area contributed by atoms with Crippen LogP contribution in [0.5, 0.6) is 0 Å². The number of piperidine rings is 1. The van der Waals surface area contributed by atoms with E-state index in [-0.39, 0.29) is 12.0 Å². The summed E-state index contributed by atoms with van der Waals surface area (Å²) in [6, 6.07) is 3.46. The minimum absolute atomic E-state index is 0.0264. The van der Waals surface area contributed by atoms with E-state index in [1.807, 2.05) is 11.8 Å². The summed E-state index contributed by atoms with van der Waals surface area (Å²) < 4.78 is 11.2. The molecule has 3 atom stereocenters. The number of H-pyrrole nitrogens is 1. The van der Waals surface area contributed by atoms with Gasteiger partial charge in [-0.1, -0.05) is 0 Å². The van der Waals surface area contributed by atoms with Crippen LogP contribution in [-0.2, 0) is 11.2 Å². The number of carbonyl (C=O) groups excluding carboxylic acids is 1. The third kappa shape index (κ3) is 2.76. The van der Waals surface area contributed by atoms with E-state index in [2.05, 4.69) is 15.2 Å². The average molecular weight is 316 g/mol. The van der Waals surface area contributed by atoms with Gasteiger partial charge in [-0.15, -0.1) is 0 Å². The van der Waals surface area contributed by atoms with Crippen LogP contribution in [0.2, 0.25) is 0 Å². The zero-order valence-electron chi connectivity index (χ0n) is 13.1. The molecule has 4 heterocycles.